The standard InChI is InChI=1S/C15H17N3O3S/c1-9-4-5-11(12(6-9)21-3)17-14(20)8-22-15-16-10(2)7-13(19)18-15/h4-7H,8H2,1-3H3,(H,17,20)(H,16,18,19). The lowest BCUT2D eigenvalue weighted by atomic mass is 10.2. The summed E-state index contributed by atoms with van der Waals surface area (Å²) < 4.78 is 5.24. The molecule has 22 heavy (non-hydrogen) atoms. The van der Waals surface area contributed by atoms with Crippen LogP contribution in [-0.4, -0.2) is 28.7 Å². The molecule has 1 aromatic heterocycles. The maximum absolute atomic E-state index is 12.0. The highest BCUT2D eigenvalue weighted by molar-refractivity contribution is 7.99. The van der Waals surface area contributed by atoms with Crippen molar-refractivity contribution in [1.82, 2.24) is 9.97 Å². The van der Waals surface area contributed by atoms with E-state index in [1.54, 1.807) is 20.1 Å². The molecule has 0 saturated heterocycles. The number of nitrogens with one attached hydrogen (secondary N) is 2. The Kier molecular flexibility index (Phi) is 5.21. The van der Waals surface area contributed by atoms with Gasteiger partial charge in [-0.1, -0.05) is 17.8 Å². The fraction of sp³-hybridized carbons (Fsp3) is 0.267. The van der Waals surface area contributed by atoms with Crippen LogP contribution in [0, 0.1) is 13.8 Å². The number of thioether (sulfide) groups is 1. The van der Waals surface area contributed by atoms with E-state index in [2.05, 4.69) is 15.3 Å². The maximum Gasteiger partial charge on any atom is 0.251 e. The second kappa shape index (κ2) is 7.13. The van der Waals surface area contributed by atoms with Gasteiger partial charge in [0.05, 0.1) is 18.6 Å². The Morgan fingerprint density at radius 3 is 2.82 bits per heavy atom. The van der Waals surface area contributed by atoms with Gasteiger partial charge >= 0.3 is 0 Å². The summed E-state index contributed by atoms with van der Waals surface area (Å²) in [5, 5.41) is 3.21. The Labute approximate surface area is 132 Å². The Hall–Kier alpha value is -2.28. The van der Waals surface area contributed by atoms with Crippen LogP contribution in [0.1, 0.15) is 11.3 Å². The van der Waals surface area contributed by atoms with Gasteiger partial charge < -0.3 is 15.0 Å². The summed E-state index contributed by atoms with van der Waals surface area (Å²) in [7, 11) is 1.56. The van der Waals surface area contributed by atoms with Crippen LogP contribution in [0.15, 0.2) is 34.2 Å². The maximum atomic E-state index is 12.0. The number of aromatic nitrogens is 2. The second-order valence-electron chi connectivity index (χ2n) is 4.73. The van der Waals surface area contributed by atoms with E-state index in [1.807, 2.05) is 19.1 Å². The number of rotatable bonds is 5. The van der Waals surface area contributed by atoms with Crippen molar-refractivity contribution in [2.24, 2.45) is 0 Å². The van der Waals surface area contributed by atoms with E-state index in [4.69, 9.17) is 4.74 Å². The number of amides is 1. The first-order valence-corrected chi connectivity index (χ1v) is 7.62. The average molecular weight is 319 g/mol. The number of nitrogens with zero attached hydrogens (tertiary/aromatic N) is 1. The van der Waals surface area contributed by atoms with Gasteiger partial charge in [0, 0.05) is 11.8 Å². The van der Waals surface area contributed by atoms with Gasteiger partial charge in [0.25, 0.3) is 5.56 Å². The molecular weight excluding hydrogens is 302 g/mol. The molecule has 0 bridgehead atoms. The third-order valence-electron chi connectivity index (χ3n) is 2.82. The molecule has 1 aromatic carbocycles. The Bertz CT molecular complexity index is 743. The molecule has 1 heterocycles. The zero-order valence-electron chi connectivity index (χ0n) is 12.6. The minimum atomic E-state index is -0.226. The van der Waals surface area contributed by atoms with E-state index in [0.29, 0.717) is 22.3 Å². The van der Waals surface area contributed by atoms with Crippen LogP contribution < -0.4 is 15.6 Å². The van der Waals surface area contributed by atoms with Gasteiger partial charge in [0.15, 0.2) is 5.16 Å². The van der Waals surface area contributed by atoms with E-state index in [9.17, 15) is 9.59 Å². The van der Waals surface area contributed by atoms with E-state index in [1.165, 1.54) is 17.8 Å². The number of benzene rings is 1. The molecule has 2 aromatic rings. The predicted molar refractivity (Wildman–Crippen MR) is 86.7 cm³/mol. The summed E-state index contributed by atoms with van der Waals surface area (Å²) in [6, 6.07) is 6.94. The van der Waals surface area contributed by atoms with Gasteiger partial charge in [0.1, 0.15) is 5.75 Å². The largest absolute Gasteiger partial charge is 0.495 e. The fourth-order valence-electron chi connectivity index (χ4n) is 1.84. The van der Waals surface area contributed by atoms with Crippen LogP contribution in [0.4, 0.5) is 5.69 Å². The molecule has 0 radical (unpaired) electrons. The number of anilines is 1. The summed E-state index contributed by atoms with van der Waals surface area (Å²) >= 11 is 1.17. The highest BCUT2D eigenvalue weighted by atomic mass is 32.2. The third kappa shape index (κ3) is 4.36. The van der Waals surface area contributed by atoms with Crippen molar-refractivity contribution in [2.45, 2.75) is 19.0 Å². The van der Waals surface area contributed by atoms with Crippen LogP contribution in [0.3, 0.4) is 0 Å². The van der Waals surface area contributed by atoms with Gasteiger partial charge in [-0.25, -0.2) is 4.98 Å². The molecule has 116 valence electrons. The average Bonchev–Trinajstić information content (AvgIpc) is 2.46. The topological polar surface area (TPSA) is 84.1 Å². The summed E-state index contributed by atoms with van der Waals surface area (Å²) in [5.74, 6) is 0.556. The van der Waals surface area contributed by atoms with Crippen molar-refractivity contribution in [3.63, 3.8) is 0 Å². The number of hydrogen-bond donors (Lipinski definition) is 2. The number of ether oxygens (including phenoxy) is 1. The number of aromatic amines is 1. The molecule has 0 aliphatic carbocycles. The van der Waals surface area contributed by atoms with E-state index < -0.39 is 0 Å². The molecule has 0 spiro atoms. The first-order chi connectivity index (χ1) is 10.5. The lowest BCUT2D eigenvalue weighted by Gasteiger charge is -2.10. The minimum Gasteiger partial charge on any atom is -0.495 e. The smallest absolute Gasteiger partial charge is 0.251 e. The molecule has 2 N–H and O–H groups in total. The van der Waals surface area contributed by atoms with Crippen molar-refractivity contribution in [2.75, 3.05) is 18.2 Å². The monoisotopic (exact) mass is 319 g/mol. The summed E-state index contributed by atoms with van der Waals surface area (Å²) in [6.07, 6.45) is 0. The molecule has 0 aliphatic heterocycles. The molecule has 7 heteroatoms. The summed E-state index contributed by atoms with van der Waals surface area (Å²) in [4.78, 5) is 30.1. The van der Waals surface area contributed by atoms with Gasteiger partial charge in [-0.15, -0.1) is 0 Å². The number of H-pyrrole nitrogens is 1. The molecule has 6 nitrogen and oxygen atoms in total. The second-order valence-corrected chi connectivity index (χ2v) is 5.70. The van der Waals surface area contributed by atoms with Crippen molar-refractivity contribution in [3.8, 4) is 5.75 Å². The number of methoxy groups -OCH3 is 1. The van der Waals surface area contributed by atoms with Crippen LogP contribution in [0.5, 0.6) is 5.75 Å². The molecule has 0 fully saturated rings. The SMILES string of the molecule is COc1cc(C)ccc1NC(=O)CSc1nc(C)cc(=O)[nH]1. The van der Waals surface area contributed by atoms with Gasteiger partial charge in [-0.05, 0) is 31.5 Å². The van der Waals surface area contributed by atoms with Crippen LogP contribution in [0.25, 0.3) is 0 Å². The minimum absolute atomic E-state index is 0.142. The molecular formula is C15H17N3O3S. The molecule has 0 unspecified atom stereocenters. The Morgan fingerprint density at radius 2 is 2.14 bits per heavy atom. The molecule has 0 aliphatic rings. The first kappa shape index (κ1) is 16.1. The number of carbonyl (C=O) groups excluding carboxylic acids is 1. The van der Waals surface area contributed by atoms with Crippen LogP contribution >= 0.6 is 11.8 Å². The summed E-state index contributed by atoms with van der Waals surface area (Å²) in [5.41, 5.74) is 2.05. The Balaban J connectivity index is 2.00. The first-order valence-electron chi connectivity index (χ1n) is 6.63. The van der Waals surface area contributed by atoms with E-state index in [0.717, 1.165) is 5.56 Å². The number of carbonyl (C=O) groups is 1. The fourth-order valence-corrected chi connectivity index (χ4v) is 2.56. The Morgan fingerprint density at radius 1 is 1.36 bits per heavy atom. The zero-order valence-corrected chi connectivity index (χ0v) is 13.4. The van der Waals surface area contributed by atoms with E-state index >= 15 is 0 Å². The quantitative estimate of drug-likeness (QED) is 0.651. The van der Waals surface area contributed by atoms with Crippen molar-refractivity contribution < 1.29 is 9.53 Å². The van der Waals surface area contributed by atoms with Crippen LogP contribution in [-0.2, 0) is 4.79 Å². The van der Waals surface area contributed by atoms with Gasteiger partial charge in [0.2, 0.25) is 5.91 Å². The number of aryl methyl sites for hydroxylation is 2. The highest BCUT2D eigenvalue weighted by Crippen LogP contribution is 2.25. The zero-order chi connectivity index (χ0) is 16.1. The summed E-state index contributed by atoms with van der Waals surface area (Å²) in [6.45, 7) is 3.68. The van der Waals surface area contributed by atoms with Crippen molar-refractivity contribution in [1.29, 1.82) is 0 Å². The highest BCUT2D eigenvalue weighted by Gasteiger charge is 2.09. The van der Waals surface area contributed by atoms with Crippen LogP contribution in [0.2, 0.25) is 0 Å². The molecule has 2 rings (SSSR count). The lowest BCUT2D eigenvalue weighted by Crippen LogP contribution is -2.16. The third-order valence-corrected chi connectivity index (χ3v) is 3.69. The molecule has 1 amide bonds. The lowest BCUT2D eigenvalue weighted by molar-refractivity contribution is -0.113. The molecule has 0 saturated carbocycles. The van der Waals surface area contributed by atoms with Gasteiger partial charge in [-0.2, -0.15) is 0 Å². The van der Waals surface area contributed by atoms with E-state index in [-0.39, 0.29) is 17.2 Å². The van der Waals surface area contributed by atoms with Gasteiger partial charge in [-0.3, -0.25) is 9.59 Å². The normalized spacial score (nSPS) is 10.3. The van der Waals surface area contributed by atoms with Crippen molar-refractivity contribution >= 4 is 23.4 Å². The molecule has 0 atom stereocenters. The number of hydrogen-bond acceptors (Lipinski definition) is 5. The van der Waals surface area contributed by atoms with Crippen molar-refractivity contribution in [3.05, 3.63) is 45.9 Å². The predicted octanol–water partition coefficient (Wildman–Crippen LogP) is 2.13.